The Morgan fingerprint density at radius 2 is 1.25 bits per heavy atom. The van der Waals surface area contributed by atoms with E-state index in [1.54, 1.807) is 0 Å². The van der Waals surface area contributed by atoms with Gasteiger partial charge in [-0.2, -0.15) is 0 Å². The average molecular weight is 512 g/mol. The topological polar surface area (TPSA) is 43.9 Å². The number of rotatable bonds is 2. The maximum absolute atomic E-state index is 6.43. The zero-order valence-electron chi connectivity index (χ0n) is 21.4. The molecule has 0 N–H and O–H groups in total. The second kappa shape index (κ2) is 8.01. The van der Waals surface area contributed by atoms with Crippen molar-refractivity contribution in [2.45, 2.75) is 0 Å². The summed E-state index contributed by atoms with van der Waals surface area (Å²) in [5.41, 5.74) is 6.80. The molecule has 40 heavy (non-hydrogen) atoms. The third-order valence-corrected chi connectivity index (χ3v) is 7.99. The van der Waals surface area contributed by atoms with Crippen molar-refractivity contribution >= 4 is 65.4 Å². The van der Waals surface area contributed by atoms with Gasteiger partial charge in [-0.1, -0.05) is 97.1 Å². The van der Waals surface area contributed by atoms with Crippen LogP contribution >= 0.6 is 0 Å². The van der Waals surface area contributed by atoms with E-state index in [9.17, 15) is 0 Å². The number of aromatic nitrogens is 3. The van der Waals surface area contributed by atoms with Crippen LogP contribution < -0.4 is 0 Å². The quantitative estimate of drug-likeness (QED) is 0.232. The molecule has 9 rings (SSSR count). The summed E-state index contributed by atoms with van der Waals surface area (Å²) in [4.78, 5) is 10.3. The van der Waals surface area contributed by atoms with Crippen LogP contribution in [0, 0.1) is 0 Å². The lowest BCUT2D eigenvalue weighted by Crippen LogP contribution is -2.03. The molecule has 0 saturated heterocycles. The highest BCUT2D eigenvalue weighted by atomic mass is 16.3. The highest BCUT2D eigenvalue weighted by Crippen LogP contribution is 2.40. The third kappa shape index (κ3) is 2.96. The molecule has 3 aromatic heterocycles. The first-order valence-corrected chi connectivity index (χ1v) is 13.4. The minimum atomic E-state index is 0.653. The highest BCUT2D eigenvalue weighted by Gasteiger charge is 2.20. The van der Waals surface area contributed by atoms with E-state index < -0.39 is 0 Å². The first-order valence-electron chi connectivity index (χ1n) is 13.4. The molecule has 6 aromatic carbocycles. The van der Waals surface area contributed by atoms with Gasteiger partial charge in [0.2, 0.25) is 5.95 Å². The molecule has 0 fully saturated rings. The van der Waals surface area contributed by atoms with Crippen LogP contribution in [-0.4, -0.2) is 14.5 Å². The van der Waals surface area contributed by atoms with Crippen LogP contribution in [0.25, 0.3) is 82.6 Å². The van der Waals surface area contributed by atoms with Crippen LogP contribution in [0.3, 0.4) is 0 Å². The van der Waals surface area contributed by atoms with Gasteiger partial charge in [-0.3, -0.25) is 4.57 Å². The van der Waals surface area contributed by atoms with Gasteiger partial charge in [-0.05, 0) is 41.1 Å². The average Bonchev–Trinajstić information content (AvgIpc) is 3.55. The molecule has 0 unspecified atom stereocenters. The lowest BCUT2D eigenvalue weighted by Gasteiger charge is -2.11. The Hall–Kier alpha value is -5.48. The van der Waals surface area contributed by atoms with Gasteiger partial charge in [0, 0.05) is 32.5 Å². The summed E-state index contributed by atoms with van der Waals surface area (Å²) >= 11 is 0. The van der Waals surface area contributed by atoms with Gasteiger partial charge in [0.15, 0.2) is 0 Å². The first kappa shape index (κ1) is 21.5. The number of hydrogen-bond acceptors (Lipinski definition) is 3. The van der Waals surface area contributed by atoms with E-state index >= 15 is 0 Å². The first-order chi connectivity index (χ1) is 19.8. The highest BCUT2D eigenvalue weighted by molar-refractivity contribution is 6.23. The maximum atomic E-state index is 6.43. The smallest absolute Gasteiger partial charge is 0.235 e. The fourth-order valence-corrected chi connectivity index (χ4v) is 6.20. The molecule has 0 spiro atoms. The van der Waals surface area contributed by atoms with E-state index in [1.807, 2.05) is 18.2 Å². The van der Waals surface area contributed by atoms with Gasteiger partial charge in [0.05, 0.1) is 22.2 Å². The van der Waals surface area contributed by atoms with Gasteiger partial charge >= 0.3 is 0 Å². The number of furan rings is 1. The fraction of sp³-hybridized carbons (Fsp3) is 0. The maximum Gasteiger partial charge on any atom is 0.235 e. The zero-order chi connectivity index (χ0) is 26.2. The van der Waals surface area contributed by atoms with Crippen molar-refractivity contribution in [3.8, 4) is 17.2 Å². The Morgan fingerprint density at radius 3 is 2.15 bits per heavy atom. The van der Waals surface area contributed by atoms with E-state index in [0.717, 1.165) is 65.9 Å². The van der Waals surface area contributed by atoms with Gasteiger partial charge in [-0.15, -0.1) is 0 Å². The van der Waals surface area contributed by atoms with Crippen LogP contribution in [0.5, 0.6) is 0 Å². The van der Waals surface area contributed by atoms with E-state index in [4.69, 9.17) is 14.4 Å². The van der Waals surface area contributed by atoms with Crippen LogP contribution in [0.1, 0.15) is 0 Å². The van der Waals surface area contributed by atoms with Crippen LogP contribution in [0.4, 0.5) is 0 Å². The minimum Gasteiger partial charge on any atom is -0.456 e. The molecule has 0 saturated carbocycles. The van der Waals surface area contributed by atoms with Gasteiger partial charge < -0.3 is 4.42 Å². The molecule has 0 aliphatic heterocycles. The Morgan fingerprint density at radius 1 is 0.500 bits per heavy atom. The predicted molar refractivity (Wildman–Crippen MR) is 164 cm³/mol. The van der Waals surface area contributed by atoms with E-state index in [0.29, 0.717) is 5.95 Å². The molecule has 0 aliphatic carbocycles. The van der Waals surface area contributed by atoms with E-state index in [1.165, 1.54) is 10.8 Å². The number of hydrogen-bond donors (Lipinski definition) is 0. The standard InChI is InChI=1S/C36H21N3O/c1-2-11-23(12-3-1)35-26-15-6-8-16-29(26)37-36(38-35)39-30-17-9-7-14-25(30)27-21-33-28(20-31(27)39)34-24-13-5-4-10-22(24)18-19-32(34)40-33/h1-21H. The van der Waals surface area contributed by atoms with E-state index in [2.05, 4.69) is 114 Å². The number of fused-ring (bicyclic) bond motifs is 9. The van der Waals surface area contributed by atoms with Crippen molar-refractivity contribution in [3.05, 3.63) is 127 Å². The van der Waals surface area contributed by atoms with Crippen LogP contribution in [-0.2, 0) is 0 Å². The molecule has 9 aromatic rings. The van der Waals surface area contributed by atoms with Crippen LogP contribution in [0.2, 0.25) is 0 Å². The largest absolute Gasteiger partial charge is 0.456 e. The van der Waals surface area contributed by atoms with Gasteiger partial charge in [-0.25, -0.2) is 9.97 Å². The Bertz CT molecular complexity index is 2430. The third-order valence-electron chi connectivity index (χ3n) is 7.99. The summed E-state index contributed by atoms with van der Waals surface area (Å²) in [6, 6.07) is 44.2. The molecule has 3 heterocycles. The van der Waals surface area contributed by atoms with Crippen molar-refractivity contribution in [1.82, 2.24) is 14.5 Å². The summed E-state index contributed by atoms with van der Waals surface area (Å²) in [6.07, 6.45) is 0. The van der Waals surface area contributed by atoms with Gasteiger partial charge in [0.25, 0.3) is 0 Å². The number of nitrogens with zero attached hydrogens (tertiary/aromatic N) is 3. The van der Waals surface area contributed by atoms with Crippen molar-refractivity contribution in [2.24, 2.45) is 0 Å². The molecule has 0 bridgehead atoms. The molecular formula is C36H21N3O. The molecule has 0 amide bonds. The predicted octanol–water partition coefficient (Wildman–Crippen LogP) is 9.45. The summed E-state index contributed by atoms with van der Waals surface area (Å²) in [5, 5.41) is 7.90. The second-order valence-corrected chi connectivity index (χ2v) is 10.2. The summed E-state index contributed by atoms with van der Waals surface area (Å²) in [6.45, 7) is 0. The molecule has 0 aliphatic rings. The molecule has 4 nitrogen and oxygen atoms in total. The van der Waals surface area contributed by atoms with E-state index in [-0.39, 0.29) is 0 Å². The lowest BCUT2D eigenvalue weighted by atomic mass is 10.0. The van der Waals surface area contributed by atoms with Crippen molar-refractivity contribution < 1.29 is 4.42 Å². The Kier molecular flexibility index (Phi) is 4.30. The molecule has 186 valence electrons. The fourth-order valence-electron chi connectivity index (χ4n) is 6.20. The summed E-state index contributed by atoms with van der Waals surface area (Å²) in [7, 11) is 0. The normalized spacial score (nSPS) is 12.0. The molecule has 4 heteroatoms. The van der Waals surface area contributed by atoms with Crippen molar-refractivity contribution in [2.75, 3.05) is 0 Å². The molecule has 0 atom stereocenters. The monoisotopic (exact) mass is 511 g/mol. The van der Waals surface area contributed by atoms with Crippen LogP contribution in [0.15, 0.2) is 132 Å². The van der Waals surface area contributed by atoms with Crippen molar-refractivity contribution in [3.63, 3.8) is 0 Å². The lowest BCUT2D eigenvalue weighted by molar-refractivity contribution is 0.670. The molecular weight excluding hydrogens is 490 g/mol. The Labute approximate surface area is 228 Å². The summed E-state index contributed by atoms with van der Waals surface area (Å²) < 4.78 is 8.63. The Balaban J connectivity index is 1.44. The number of para-hydroxylation sites is 2. The second-order valence-electron chi connectivity index (χ2n) is 10.2. The zero-order valence-corrected chi connectivity index (χ0v) is 21.4. The summed E-state index contributed by atoms with van der Waals surface area (Å²) in [5.74, 6) is 0.653. The number of benzene rings is 6. The molecule has 0 radical (unpaired) electrons. The minimum absolute atomic E-state index is 0.653. The van der Waals surface area contributed by atoms with Gasteiger partial charge in [0.1, 0.15) is 11.2 Å². The SMILES string of the molecule is c1ccc(-c2nc(-n3c4ccccc4c4cc5oc6ccc7ccccc7c6c5cc43)nc3ccccc23)cc1. The van der Waals surface area contributed by atoms with Crippen molar-refractivity contribution in [1.29, 1.82) is 0 Å².